The normalized spacial score (nSPS) is 11.1. The molecule has 2 rings (SSSR count). The highest BCUT2D eigenvalue weighted by atomic mass is 16.5. The van der Waals surface area contributed by atoms with E-state index in [-0.39, 0.29) is 5.91 Å². The molecule has 0 radical (unpaired) electrons. The molecule has 0 aliphatic rings. The lowest BCUT2D eigenvalue weighted by molar-refractivity contribution is 0.0948. The molecule has 0 aliphatic heterocycles. The van der Waals surface area contributed by atoms with Crippen LogP contribution in [0.5, 0.6) is 0 Å². The topological polar surface area (TPSA) is 73.0 Å². The highest BCUT2D eigenvalue weighted by Gasteiger charge is 2.18. The van der Waals surface area contributed by atoms with Crippen LogP contribution < -0.4 is 5.32 Å². The third kappa shape index (κ3) is 2.89. The van der Waals surface area contributed by atoms with Crippen LogP contribution in [0.15, 0.2) is 16.9 Å². The highest BCUT2D eigenvalue weighted by Crippen LogP contribution is 2.14. The predicted molar refractivity (Wildman–Crippen MR) is 74.4 cm³/mol. The highest BCUT2D eigenvalue weighted by molar-refractivity contribution is 5.96. The number of aromatic nitrogens is 3. The van der Waals surface area contributed by atoms with Gasteiger partial charge in [-0.15, -0.1) is 0 Å². The third-order valence-corrected chi connectivity index (χ3v) is 3.13. The summed E-state index contributed by atoms with van der Waals surface area (Å²) in [5.41, 5.74) is 2.21. The average molecular weight is 276 g/mol. The summed E-state index contributed by atoms with van der Waals surface area (Å²) in [6, 6.07) is 0.312. The molecule has 0 unspecified atom stereocenters. The lowest BCUT2D eigenvalue weighted by Crippen LogP contribution is -2.24. The van der Waals surface area contributed by atoms with Gasteiger partial charge in [-0.05, 0) is 27.2 Å². The number of hydrogen-bond donors (Lipinski definition) is 1. The lowest BCUT2D eigenvalue weighted by atomic mass is 10.1. The molecule has 0 bridgehead atoms. The lowest BCUT2D eigenvalue weighted by Gasteiger charge is -2.04. The van der Waals surface area contributed by atoms with Crippen LogP contribution in [0, 0.1) is 6.92 Å². The minimum absolute atomic E-state index is 0.155. The van der Waals surface area contributed by atoms with E-state index in [2.05, 4.69) is 29.4 Å². The average Bonchev–Trinajstić information content (AvgIpc) is 3.02. The molecule has 20 heavy (non-hydrogen) atoms. The summed E-state index contributed by atoms with van der Waals surface area (Å²) in [6.07, 6.45) is 4.37. The number of nitrogens with zero attached hydrogens (tertiary/aromatic N) is 3. The smallest absolute Gasteiger partial charge is 0.257 e. The minimum atomic E-state index is -0.155. The molecule has 108 valence electrons. The zero-order valence-electron chi connectivity index (χ0n) is 12.3. The summed E-state index contributed by atoms with van der Waals surface area (Å²) in [7, 11) is 0. The van der Waals surface area contributed by atoms with Crippen LogP contribution in [-0.2, 0) is 13.0 Å². The molecule has 1 N–H and O–H groups in total. The van der Waals surface area contributed by atoms with Gasteiger partial charge in [0.2, 0.25) is 0 Å². The van der Waals surface area contributed by atoms with Gasteiger partial charge in [-0.2, -0.15) is 5.10 Å². The standard InChI is InChI=1S/C14H20N4O2/c1-5-12-13(10(4)20-17-12)14(19)15-6-11-7-16-18(8-11)9(2)3/h7-9H,5-6H2,1-4H3,(H,15,19). The van der Waals surface area contributed by atoms with Crippen LogP contribution in [0.1, 0.15) is 54.2 Å². The maximum absolute atomic E-state index is 12.2. The zero-order chi connectivity index (χ0) is 14.7. The van der Waals surface area contributed by atoms with Gasteiger partial charge in [0, 0.05) is 24.3 Å². The van der Waals surface area contributed by atoms with Crippen molar-refractivity contribution in [2.75, 3.05) is 0 Å². The van der Waals surface area contributed by atoms with Gasteiger partial charge in [0.05, 0.1) is 11.9 Å². The fraction of sp³-hybridized carbons (Fsp3) is 0.500. The van der Waals surface area contributed by atoms with Gasteiger partial charge in [-0.25, -0.2) is 0 Å². The van der Waals surface area contributed by atoms with E-state index < -0.39 is 0 Å². The van der Waals surface area contributed by atoms with E-state index in [4.69, 9.17) is 4.52 Å². The van der Waals surface area contributed by atoms with Gasteiger partial charge in [0.15, 0.2) is 0 Å². The van der Waals surface area contributed by atoms with Crippen molar-refractivity contribution < 1.29 is 9.32 Å². The van der Waals surface area contributed by atoms with Crippen molar-refractivity contribution in [3.8, 4) is 0 Å². The zero-order valence-corrected chi connectivity index (χ0v) is 12.3. The Bertz CT molecular complexity index is 598. The SMILES string of the molecule is CCc1noc(C)c1C(=O)NCc1cnn(C(C)C)c1. The first-order chi connectivity index (χ1) is 9.52. The predicted octanol–water partition coefficient (Wildman–Crippen LogP) is 2.25. The first-order valence-corrected chi connectivity index (χ1v) is 6.79. The summed E-state index contributed by atoms with van der Waals surface area (Å²) < 4.78 is 6.93. The Morgan fingerprint density at radius 2 is 2.25 bits per heavy atom. The van der Waals surface area contributed by atoms with Gasteiger partial charge in [-0.3, -0.25) is 9.48 Å². The second kappa shape index (κ2) is 5.90. The molecular weight excluding hydrogens is 256 g/mol. The van der Waals surface area contributed by atoms with Crippen LogP contribution in [0.25, 0.3) is 0 Å². The van der Waals surface area contributed by atoms with Crippen LogP contribution in [0.3, 0.4) is 0 Å². The van der Waals surface area contributed by atoms with E-state index >= 15 is 0 Å². The van der Waals surface area contributed by atoms with Crippen LogP contribution in [0.2, 0.25) is 0 Å². The monoisotopic (exact) mass is 276 g/mol. The largest absolute Gasteiger partial charge is 0.361 e. The van der Waals surface area contributed by atoms with Crippen molar-refractivity contribution >= 4 is 5.91 Å². The van der Waals surface area contributed by atoms with Gasteiger partial charge < -0.3 is 9.84 Å². The first kappa shape index (κ1) is 14.3. The maximum Gasteiger partial charge on any atom is 0.257 e. The fourth-order valence-electron chi connectivity index (χ4n) is 1.97. The molecule has 6 heteroatoms. The summed E-state index contributed by atoms with van der Waals surface area (Å²) in [5, 5.41) is 11.0. The van der Waals surface area contributed by atoms with E-state index in [9.17, 15) is 4.79 Å². The molecule has 0 aliphatic carbocycles. The molecule has 0 saturated carbocycles. The van der Waals surface area contributed by atoms with Crippen molar-refractivity contribution in [1.29, 1.82) is 0 Å². The molecule has 0 spiro atoms. The first-order valence-electron chi connectivity index (χ1n) is 6.79. The number of nitrogens with one attached hydrogen (secondary N) is 1. The molecule has 0 fully saturated rings. The second-order valence-electron chi connectivity index (χ2n) is 5.02. The maximum atomic E-state index is 12.2. The third-order valence-electron chi connectivity index (χ3n) is 3.13. The van der Waals surface area contributed by atoms with Gasteiger partial charge >= 0.3 is 0 Å². The van der Waals surface area contributed by atoms with Crippen molar-refractivity contribution in [2.24, 2.45) is 0 Å². The molecule has 0 atom stereocenters. The van der Waals surface area contributed by atoms with Crippen LogP contribution in [-0.4, -0.2) is 20.8 Å². The molecule has 0 saturated heterocycles. The molecule has 6 nitrogen and oxygen atoms in total. The number of aryl methyl sites for hydroxylation is 2. The Morgan fingerprint density at radius 3 is 2.85 bits per heavy atom. The second-order valence-corrected chi connectivity index (χ2v) is 5.02. The van der Waals surface area contributed by atoms with Crippen LogP contribution in [0.4, 0.5) is 0 Å². The number of carbonyl (C=O) groups is 1. The van der Waals surface area contributed by atoms with Crippen molar-refractivity contribution in [1.82, 2.24) is 20.3 Å². The van der Waals surface area contributed by atoms with E-state index in [1.165, 1.54) is 0 Å². The summed E-state index contributed by atoms with van der Waals surface area (Å²) in [5.74, 6) is 0.398. The fourth-order valence-corrected chi connectivity index (χ4v) is 1.97. The Morgan fingerprint density at radius 1 is 1.50 bits per heavy atom. The summed E-state index contributed by atoms with van der Waals surface area (Å²) in [4.78, 5) is 12.2. The Kier molecular flexibility index (Phi) is 4.22. The molecule has 2 aromatic rings. The Labute approximate surface area is 118 Å². The van der Waals surface area contributed by atoms with Gasteiger partial charge in [0.25, 0.3) is 5.91 Å². The summed E-state index contributed by atoms with van der Waals surface area (Å²) >= 11 is 0. The van der Waals surface area contributed by atoms with E-state index in [1.54, 1.807) is 13.1 Å². The van der Waals surface area contributed by atoms with E-state index in [0.717, 1.165) is 5.56 Å². The van der Waals surface area contributed by atoms with Crippen molar-refractivity contribution in [3.63, 3.8) is 0 Å². The molecule has 1 amide bonds. The van der Waals surface area contributed by atoms with Crippen molar-refractivity contribution in [2.45, 2.75) is 46.7 Å². The Hall–Kier alpha value is -2.11. The number of amides is 1. The number of hydrogen-bond acceptors (Lipinski definition) is 4. The van der Waals surface area contributed by atoms with Crippen LogP contribution >= 0.6 is 0 Å². The van der Waals surface area contributed by atoms with E-state index in [0.29, 0.717) is 36.0 Å². The molecule has 0 aromatic carbocycles. The minimum Gasteiger partial charge on any atom is -0.361 e. The number of carbonyl (C=O) groups excluding carboxylic acids is 1. The van der Waals surface area contributed by atoms with Crippen molar-refractivity contribution in [3.05, 3.63) is 35.0 Å². The quantitative estimate of drug-likeness (QED) is 0.909. The molecular formula is C14H20N4O2. The summed E-state index contributed by atoms with van der Waals surface area (Å²) in [6.45, 7) is 8.25. The Balaban J connectivity index is 2.02. The molecule has 2 heterocycles. The van der Waals surface area contributed by atoms with Gasteiger partial charge in [-0.1, -0.05) is 12.1 Å². The number of rotatable bonds is 5. The van der Waals surface area contributed by atoms with E-state index in [1.807, 2.05) is 17.8 Å². The van der Waals surface area contributed by atoms with Gasteiger partial charge in [0.1, 0.15) is 11.3 Å². The molecule has 2 aromatic heterocycles.